The van der Waals surface area contributed by atoms with Gasteiger partial charge in [-0.25, -0.2) is 0 Å². The molecule has 0 unspecified atom stereocenters. The lowest BCUT2D eigenvalue weighted by molar-refractivity contribution is 0.556. The summed E-state index contributed by atoms with van der Waals surface area (Å²) in [5.41, 5.74) is 0. The van der Waals surface area contributed by atoms with Crippen molar-refractivity contribution in [3.05, 3.63) is 0 Å². The van der Waals surface area contributed by atoms with Gasteiger partial charge in [-0.05, 0) is 15.1 Å². The zero-order valence-corrected chi connectivity index (χ0v) is 19.4. The normalized spacial score (nSPS) is 16.2. The second kappa shape index (κ2) is 5.01. The summed E-state index contributed by atoms with van der Waals surface area (Å²) in [5.74, 6) is 0. The topological polar surface area (TPSA) is 0 Å². The summed E-state index contributed by atoms with van der Waals surface area (Å²) in [7, 11) is -1.71. The van der Waals surface area contributed by atoms with Gasteiger partial charge in [0.1, 0.15) is 7.59 Å². The van der Waals surface area contributed by atoms with Crippen molar-refractivity contribution in [1.82, 2.24) is 0 Å². The van der Waals surface area contributed by atoms with Crippen LogP contribution in [0.2, 0.25) is 15.1 Å². The van der Waals surface area contributed by atoms with E-state index < -0.39 is 11.0 Å². The van der Waals surface area contributed by atoms with Gasteiger partial charge in [-0.1, -0.05) is 108 Å². The average Bonchev–Trinajstić information content (AvgIpc) is 1.67. The van der Waals surface area contributed by atoms with E-state index in [4.69, 9.17) is 0 Å². The zero-order valence-electron chi connectivity index (χ0n) is 12.6. The van der Waals surface area contributed by atoms with Crippen LogP contribution in [0.3, 0.4) is 0 Å². The maximum atomic E-state index is 4.04. The molecule has 0 spiro atoms. The first kappa shape index (κ1) is 18.9. The van der Waals surface area contributed by atoms with Crippen LogP contribution in [-0.4, -0.2) is 11.0 Å². The molecule has 0 N–H and O–H groups in total. The molecule has 0 atom stereocenters. The Morgan fingerprint density at radius 3 is 0.706 bits per heavy atom. The van der Waals surface area contributed by atoms with Gasteiger partial charge in [-0.15, -0.1) is 0 Å². The van der Waals surface area contributed by atoms with Crippen molar-refractivity contribution in [2.45, 2.75) is 77.4 Å². The highest BCUT2D eigenvalue weighted by Crippen LogP contribution is 2.69. The van der Waals surface area contributed by atoms with Gasteiger partial charge in [0, 0.05) is 0 Å². The maximum absolute atomic E-state index is 4.04. The van der Waals surface area contributed by atoms with Crippen LogP contribution in [0.4, 0.5) is 0 Å². The molecule has 0 radical (unpaired) electrons. The van der Waals surface area contributed by atoms with Crippen molar-refractivity contribution >= 4 is 56.9 Å². The summed E-state index contributed by atoms with van der Waals surface area (Å²) < 4.78 is -1.77. The van der Waals surface area contributed by atoms with Gasteiger partial charge < -0.3 is 0 Å². The van der Waals surface area contributed by atoms with E-state index in [1.54, 1.807) is 0 Å². The third-order valence-corrected chi connectivity index (χ3v) is 36.8. The SMILES string of the molecule is CC(C)(C)[Si](C(C)(C)C)(C(C)(C)C)[Si](Br)(Br)Br. The fourth-order valence-corrected chi connectivity index (χ4v) is 69.8. The number of hydrogen-bond acceptors (Lipinski definition) is 0. The largest absolute Gasteiger partial charge is 0.255 e. The minimum absolute atomic E-state index is 0.326. The molecule has 0 aliphatic heterocycles. The summed E-state index contributed by atoms with van der Waals surface area (Å²) in [6.07, 6.45) is 0. The summed E-state index contributed by atoms with van der Waals surface area (Å²) in [4.78, 5) is 0. The molecule has 0 aromatic carbocycles. The van der Waals surface area contributed by atoms with E-state index in [9.17, 15) is 0 Å². The Kier molecular flexibility index (Phi) is 5.56. The molecule has 17 heavy (non-hydrogen) atoms. The Morgan fingerprint density at radius 1 is 0.529 bits per heavy atom. The molecule has 5 heteroatoms. The van der Waals surface area contributed by atoms with E-state index in [-0.39, 0.29) is 0 Å². The minimum Gasteiger partial charge on any atom is -0.1000 e. The summed E-state index contributed by atoms with van der Waals surface area (Å²) in [5, 5.41) is 0.977. The molecule has 0 aromatic rings. The van der Waals surface area contributed by atoms with E-state index >= 15 is 0 Å². The highest BCUT2D eigenvalue weighted by molar-refractivity contribution is 9.74. The molecule has 0 rings (SSSR count). The standard InChI is InChI=1S/C12H27Br3Si2/c1-10(2,3)16(11(4,5)6,12(7,8)9)17(13,14)15/h1-9H3. The van der Waals surface area contributed by atoms with Gasteiger partial charge in [0.05, 0.1) is 0 Å². The first-order valence-electron chi connectivity index (χ1n) is 6.07. The third kappa shape index (κ3) is 3.14. The molecule has 0 aliphatic carbocycles. The third-order valence-electron chi connectivity index (χ3n) is 3.80. The van der Waals surface area contributed by atoms with Crippen LogP contribution in [-0.2, 0) is 0 Å². The van der Waals surface area contributed by atoms with Crippen LogP contribution in [0.15, 0.2) is 0 Å². The zero-order chi connectivity index (χ0) is 14.5. The Bertz CT molecular complexity index is 213. The predicted octanol–water partition coefficient (Wildman–Crippen LogP) is 7.04. The lowest BCUT2D eigenvalue weighted by atomic mass is 10.2. The fraction of sp³-hybridized carbons (Fsp3) is 1.00. The first-order valence-corrected chi connectivity index (χ1v) is 17.8. The molecule has 0 saturated heterocycles. The quantitative estimate of drug-likeness (QED) is 0.287. The van der Waals surface area contributed by atoms with E-state index in [0.29, 0.717) is 15.1 Å². The molecule has 0 aliphatic rings. The van der Waals surface area contributed by atoms with Gasteiger partial charge in [0.25, 0.3) is 3.45 Å². The molecule has 0 heterocycles. The predicted molar refractivity (Wildman–Crippen MR) is 97.4 cm³/mol. The summed E-state index contributed by atoms with van der Waals surface area (Å²) in [6.45, 7) is 21.8. The molecule has 104 valence electrons. The molecular weight excluding hydrogens is 440 g/mol. The molecule has 0 fully saturated rings. The molecule has 0 amide bonds. The van der Waals surface area contributed by atoms with Crippen molar-refractivity contribution in [2.24, 2.45) is 0 Å². The van der Waals surface area contributed by atoms with E-state index in [1.165, 1.54) is 0 Å². The van der Waals surface area contributed by atoms with E-state index in [1.807, 2.05) is 0 Å². The van der Waals surface area contributed by atoms with Gasteiger partial charge in [0.15, 0.2) is 0 Å². The summed E-state index contributed by atoms with van der Waals surface area (Å²) in [6, 6.07) is 0. The van der Waals surface area contributed by atoms with Gasteiger partial charge in [0.2, 0.25) is 0 Å². The van der Waals surface area contributed by atoms with Gasteiger partial charge in [-0.2, -0.15) is 0 Å². The Balaban J connectivity index is 6.37. The lowest BCUT2D eigenvalue weighted by Gasteiger charge is -2.62. The van der Waals surface area contributed by atoms with Crippen LogP contribution >= 0.6 is 45.9 Å². The Morgan fingerprint density at radius 2 is 0.706 bits per heavy atom. The molecule has 0 nitrogen and oxygen atoms in total. The minimum atomic E-state index is -1.77. The van der Waals surface area contributed by atoms with Crippen LogP contribution in [0, 0.1) is 0 Å². The van der Waals surface area contributed by atoms with Crippen molar-refractivity contribution in [3.8, 4) is 0 Å². The van der Waals surface area contributed by atoms with Crippen LogP contribution in [0.5, 0.6) is 0 Å². The smallest absolute Gasteiger partial charge is 0.1000 e. The molecule has 0 aromatic heterocycles. The lowest BCUT2D eigenvalue weighted by Crippen LogP contribution is -2.69. The van der Waals surface area contributed by atoms with Crippen molar-refractivity contribution < 1.29 is 0 Å². The second-order valence-electron chi connectivity index (χ2n) is 8.00. The van der Waals surface area contributed by atoms with Gasteiger partial charge in [-0.3, -0.25) is 0 Å². The summed E-state index contributed by atoms with van der Waals surface area (Å²) >= 11 is 12.1. The monoisotopic (exact) mass is 464 g/mol. The number of hydrogen-bond donors (Lipinski definition) is 0. The van der Waals surface area contributed by atoms with Crippen molar-refractivity contribution in [2.75, 3.05) is 0 Å². The Hall–Kier alpha value is 1.87. The maximum Gasteiger partial charge on any atom is 0.255 e. The number of halogens is 3. The van der Waals surface area contributed by atoms with E-state index in [0.717, 1.165) is 0 Å². The highest BCUT2D eigenvalue weighted by atomic mass is 80.0. The second-order valence-corrected chi connectivity index (χ2v) is 46.4. The molecule has 0 bridgehead atoms. The van der Waals surface area contributed by atoms with Crippen LogP contribution < -0.4 is 0 Å². The average molecular weight is 467 g/mol. The fourth-order valence-electron chi connectivity index (χ4n) is 4.65. The van der Waals surface area contributed by atoms with Gasteiger partial charge >= 0.3 is 0 Å². The highest BCUT2D eigenvalue weighted by Gasteiger charge is 2.69. The van der Waals surface area contributed by atoms with Crippen LogP contribution in [0.1, 0.15) is 62.3 Å². The Labute approximate surface area is 133 Å². The van der Waals surface area contributed by atoms with Crippen molar-refractivity contribution in [1.29, 1.82) is 0 Å². The van der Waals surface area contributed by atoms with Crippen molar-refractivity contribution in [3.63, 3.8) is 0 Å². The first-order chi connectivity index (χ1) is 7.00. The van der Waals surface area contributed by atoms with E-state index in [2.05, 4.69) is 108 Å². The number of rotatable bonds is 1. The van der Waals surface area contributed by atoms with Crippen LogP contribution in [0.25, 0.3) is 0 Å². The molecule has 0 saturated carbocycles. The molecular formula is C12H27Br3Si2.